The number of nitrogens with zero attached hydrogens (tertiary/aromatic N) is 2. The molecule has 1 aromatic carbocycles. The van der Waals surface area contributed by atoms with Crippen molar-refractivity contribution in [2.45, 2.75) is 26.3 Å². The molecule has 0 radical (unpaired) electrons. The smallest absolute Gasteiger partial charge is 0.322 e. The number of carbonyl (C=O) groups excluding carboxylic acids is 1. The van der Waals surface area contributed by atoms with E-state index in [1.165, 1.54) is 5.56 Å². The van der Waals surface area contributed by atoms with E-state index < -0.39 is 0 Å². The highest BCUT2D eigenvalue weighted by Crippen LogP contribution is 2.13. The highest BCUT2D eigenvalue weighted by molar-refractivity contribution is 5.89. The van der Waals surface area contributed by atoms with Crippen LogP contribution in [0.25, 0.3) is 0 Å². The number of hydrogen-bond acceptors (Lipinski definition) is 2. The van der Waals surface area contributed by atoms with Crippen molar-refractivity contribution >= 4 is 11.7 Å². The first kappa shape index (κ1) is 20.4. The van der Waals surface area contributed by atoms with Gasteiger partial charge in [0.1, 0.15) is 13.1 Å². The molecule has 0 spiro atoms. The molecule has 1 fully saturated rings. The van der Waals surface area contributed by atoms with Crippen LogP contribution in [0.4, 0.5) is 10.5 Å². The van der Waals surface area contributed by atoms with E-state index in [4.69, 9.17) is 4.74 Å². The Morgan fingerprint density at radius 1 is 1.21 bits per heavy atom. The predicted octanol–water partition coefficient (Wildman–Crippen LogP) is 1.93. The van der Waals surface area contributed by atoms with Crippen LogP contribution in [0, 0.1) is 0 Å². The topological polar surface area (TPSA) is 50.9 Å². The van der Waals surface area contributed by atoms with Gasteiger partial charge in [-0.2, -0.15) is 0 Å². The number of urea groups is 1. The second kappa shape index (κ2) is 10.3. The summed E-state index contributed by atoms with van der Waals surface area (Å²) < 4.78 is 7.51. The summed E-state index contributed by atoms with van der Waals surface area (Å²) in [5, 5.41) is 3.06. The van der Waals surface area contributed by atoms with Crippen molar-refractivity contribution in [1.29, 1.82) is 0 Å². The normalized spacial score (nSPS) is 14.8. The predicted molar refractivity (Wildman–Crippen MR) is 112 cm³/mol. The van der Waals surface area contributed by atoms with Crippen LogP contribution in [0.5, 0.6) is 0 Å². The largest absolute Gasteiger partial charge is 0.370 e. The zero-order valence-corrected chi connectivity index (χ0v) is 17.1. The molecule has 1 aliphatic rings. The van der Waals surface area contributed by atoms with Crippen molar-refractivity contribution in [2.75, 3.05) is 44.7 Å². The van der Waals surface area contributed by atoms with Gasteiger partial charge in [0, 0.05) is 37.6 Å². The lowest BCUT2D eigenvalue weighted by atomic mass is 10.1. The number of nitrogens with one attached hydrogen (secondary N) is 2. The van der Waals surface area contributed by atoms with Gasteiger partial charge >= 0.3 is 6.03 Å². The molecule has 3 rings (SSSR count). The van der Waals surface area contributed by atoms with E-state index in [0.717, 1.165) is 63.6 Å². The quantitative estimate of drug-likeness (QED) is 0.730. The third-order valence-corrected chi connectivity index (χ3v) is 5.46. The summed E-state index contributed by atoms with van der Waals surface area (Å²) in [5.74, 6) is 0. The van der Waals surface area contributed by atoms with E-state index in [9.17, 15) is 4.79 Å². The number of ether oxygens (including phenoxy) is 1. The summed E-state index contributed by atoms with van der Waals surface area (Å²) in [7, 11) is 2.02. The molecule has 0 atom stereocenters. The third kappa shape index (κ3) is 5.84. The Hall–Kier alpha value is -2.31. The molecule has 0 aliphatic carbocycles. The number of quaternary nitrogens is 1. The summed E-state index contributed by atoms with van der Waals surface area (Å²) in [6.07, 6.45) is 4.01. The molecule has 2 aromatic rings. The van der Waals surface area contributed by atoms with Gasteiger partial charge < -0.3 is 24.4 Å². The fourth-order valence-corrected chi connectivity index (χ4v) is 3.57. The standard InChI is InChI=1S/C22H32N4O2/c1-3-19-7-9-20(10-8-19)23-22(27)26(18-21-6-4-11-24(21)2)13-5-12-25-14-16-28-17-15-25/h4,6-11H,3,5,12-18H2,1-2H3,(H,23,27)/p+1. The summed E-state index contributed by atoms with van der Waals surface area (Å²) in [6, 6.07) is 12.2. The van der Waals surface area contributed by atoms with E-state index in [0.29, 0.717) is 6.54 Å². The molecule has 1 aromatic heterocycles. The Bertz CT molecular complexity index is 735. The lowest BCUT2D eigenvalue weighted by molar-refractivity contribution is -0.908. The van der Waals surface area contributed by atoms with Gasteiger partial charge in [-0.1, -0.05) is 19.1 Å². The first-order valence-corrected chi connectivity index (χ1v) is 10.3. The molecule has 2 heterocycles. The van der Waals surface area contributed by atoms with Crippen LogP contribution in [-0.4, -0.2) is 54.9 Å². The lowest BCUT2D eigenvalue weighted by Gasteiger charge is -2.26. The summed E-state index contributed by atoms with van der Waals surface area (Å²) in [4.78, 5) is 16.5. The molecular weight excluding hydrogens is 352 g/mol. The zero-order chi connectivity index (χ0) is 19.8. The number of aryl methyl sites for hydroxylation is 2. The Morgan fingerprint density at radius 2 is 1.96 bits per heavy atom. The summed E-state index contributed by atoms with van der Waals surface area (Å²) in [6.45, 7) is 8.38. The monoisotopic (exact) mass is 385 g/mol. The van der Waals surface area contributed by atoms with E-state index in [1.807, 2.05) is 36.3 Å². The molecular formula is C22H33N4O2+. The maximum atomic E-state index is 13.0. The number of morpholine rings is 1. The molecule has 0 unspecified atom stereocenters. The van der Waals surface area contributed by atoms with Crippen molar-refractivity contribution in [3.63, 3.8) is 0 Å². The highest BCUT2D eigenvalue weighted by Gasteiger charge is 2.18. The van der Waals surface area contributed by atoms with Crippen LogP contribution in [-0.2, 0) is 24.8 Å². The average molecular weight is 386 g/mol. The zero-order valence-electron chi connectivity index (χ0n) is 17.1. The number of aromatic nitrogens is 1. The second-order valence-electron chi connectivity index (χ2n) is 7.48. The van der Waals surface area contributed by atoms with Crippen LogP contribution >= 0.6 is 0 Å². The fourth-order valence-electron chi connectivity index (χ4n) is 3.57. The number of rotatable bonds is 8. The van der Waals surface area contributed by atoms with E-state index in [1.54, 1.807) is 4.90 Å². The summed E-state index contributed by atoms with van der Waals surface area (Å²) >= 11 is 0. The van der Waals surface area contributed by atoms with Crippen molar-refractivity contribution in [2.24, 2.45) is 7.05 Å². The molecule has 152 valence electrons. The SMILES string of the molecule is CCc1ccc(NC(=O)N(CCC[NH+]2CCOCC2)Cc2cccn2C)cc1. The van der Waals surface area contributed by atoms with Crippen LogP contribution < -0.4 is 10.2 Å². The van der Waals surface area contributed by atoms with Gasteiger partial charge in [-0.3, -0.25) is 0 Å². The van der Waals surface area contributed by atoms with Crippen LogP contribution in [0.3, 0.4) is 0 Å². The minimum absolute atomic E-state index is 0.0394. The van der Waals surface area contributed by atoms with Gasteiger partial charge in [0.15, 0.2) is 0 Å². The van der Waals surface area contributed by atoms with Crippen molar-refractivity contribution in [3.8, 4) is 0 Å². The molecule has 28 heavy (non-hydrogen) atoms. The van der Waals surface area contributed by atoms with Crippen molar-refractivity contribution < 1.29 is 14.4 Å². The number of anilines is 1. The molecule has 0 saturated carbocycles. The van der Waals surface area contributed by atoms with Crippen LogP contribution in [0.2, 0.25) is 0 Å². The van der Waals surface area contributed by atoms with E-state index >= 15 is 0 Å². The maximum Gasteiger partial charge on any atom is 0.322 e. The molecule has 1 aliphatic heterocycles. The Morgan fingerprint density at radius 3 is 2.61 bits per heavy atom. The van der Waals surface area contributed by atoms with E-state index in [-0.39, 0.29) is 6.03 Å². The maximum absolute atomic E-state index is 13.0. The highest BCUT2D eigenvalue weighted by atomic mass is 16.5. The number of hydrogen-bond donors (Lipinski definition) is 2. The van der Waals surface area contributed by atoms with Crippen LogP contribution in [0.15, 0.2) is 42.6 Å². The molecule has 0 bridgehead atoms. The Kier molecular flexibility index (Phi) is 7.51. The Labute approximate surface area is 168 Å². The Balaban J connectivity index is 1.60. The summed E-state index contributed by atoms with van der Waals surface area (Å²) in [5.41, 5.74) is 3.25. The van der Waals surface area contributed by atoms with Gasteiger partial charge in [-0.25, -0.2) is 4.79 Å². The number of amides is 2. The lowest BCUT2D eigenvalue weighted by Crippen LogP contribution is -3.14. The molecule has 2 amide bonds. The fraction of sp³-hybridized carbons (Fsp3) is 0.500. The van der Waals surface area contributed by atoms with Crippen LogP contribution in [0.1, 0.15) is 24.6 Å². The number of benzene rings is 1. The van der Waals surface area contributed by atoms with E-state index in [2.05, 4.69) is 35.0 Å². The van der Waals surface area contributed by atoms with Crippen molar-refractivity contribution in [3.05, 3.63) is 53.9 Å². The first-order chi connectivity index (χ1) is 13.7. The van der Waals surface area contributed by atoms with Gasteiger partial charge in [-0.05, 0) is 36.2 Å². The van der Waals surface area contributed by atoms with Gasteiger partial charge in [0.05, 0.1) is 26.3 Å². The molecule has 6 nitrogen and oxygen atoms in total. The third-order valence-electron chi connectivity index (χ3n) is 5.46. The molecule has 2 N–H and O–H groups in total. The average Bonchev–Trinajstić information content (AvgIpc) is 3.13. The minimum atomic E-state index is -0.0394. The first-order valence-electron chi connectivity index (χ1n) is 10.3. The molecule has 6 heteroatoms. The van der Waals surface area contributed by atoms with Gasteiger partial charge in [-0.15, -0.1) is 0 Å². The second-order valence-corrected chi connectivity index (χ2v) is 7.48. The minimum Gasteiger partial charge on any atom is -0.370 e. The molecule has 1 saturated heterocycles. The van der Waals surface area contributed by atoms with Gasteiger partial charge in [0.25, 0.3) is 0 Å². The van der Waals surface area contributed by atoms with Gasteiger partial charge in [0.2, 0.25) is 0 Å². The number of carbonyl (C=O) groups is 1. The van der Waals surface area contributed by atoms with Crippen molar-refractivity contribution in [1.82, 2.24) is 9.47 Å².